The first-order valence-corrected chi connectivity index (χ1v) is 15.4. The molecule has 3 amide bonds. The van der Waals surface area contributed by atoms with E-state index in [-0.39, 0.29) is 41.7 Å². The fourth-order valence-electron chi connectivity index (χ4n) is 6.27. The number of urea groups is 1. The molecule has 0 aliphatic carbocycles. The number of imide groups is 1. The highest BCUT2D eigenvalue weighted by Crippen LogP contribution is 2.45. The van der Waals surface area contributed by atoms with Crippen molar-refractivity contribution < 1.29 is 41.2 Å². The van der Waals surface area contributed by atoms with Crippen molar-refractivity contribution in [1.82, 2.24) is 15.0 Å². The maximum Gasteiger partial charge on any atom is 0.490 e. The Morgan fingerprint density at radius 2 is 1.75 bits per heavy atom. The molecular weight excluding hydrogens is 679 g/mol. The second kappa shape index (κ2) is 12.9. The zero-order valence-corrected chi connectivity index (χ0v) is 26.6. The standard InChI is InChI=1S/C33H26Cl2F4N4O5/c1-19-28(47-30(45)33(37,38)39)32(12-13-41(19)17-20-6-3-2-4-7-20)29(44)42(31(46)43(32)24-9-5-8-22(36)15-24)18-23-16-27(48-40-23)21-10-11-25(34)26(35)14-21/h2-11,14-16,19,28H,12-13,17-18H2,1H3/t19-,28?,32+/m0/s1. The van der Waals surface area contributed by atoms with Crippen molar-refractivity contribution in [3.8, 4) is 11.3 Å². The second-order valence-electron chi connectivity index (χ2n) is 11.5. The molecule has 3 atom stereocenters. The van der Waals surface area contributed by atoms with Gasteiger partial charge in [0.05, 0.1) is 16.6 Å². The van der Waals surface area contributed by atoms with Gasteiger partial charge in [-0.05, 0) is 55.3 Å². The number of halogens is 6. The van der Waals surface area contributed by atoms with Crippen molar-refractivity contribution in [3.63, 3.8) is 0 Å². The highest BCUT2D eigenvalue weighted by molar-refractivity contribution is 6.42. The number of carbonyl (C=O) groups excluding carboxylic acids is 3. The van der Waals surface area contributed by atoms with Crippen LogP contribution in [0.3, 0.4) is 0 Å². The van der Waals surface area contributed by atoms with Crippen LogP contribution in [0, 0.1) is 5.82 Å². The van der Waals surface area contributed by atoms with Gasteiger partial charge in [-0.3, -0.25) is 19.5 Å². The lowest BCUT2D eigenvalue weighted by Crippen LogP contribution is -2.70. The van der Waals surface area contributed by atoms with Crippen molar-refractivity contribution >= 4 is 46.8 Å². The molecule has 2 saturated heterocycles. The first-order valence-electron chi connectivity index (χ1n) is 14.7. The number of ether oxygens (including phenoxy) is 1. The average molecular weight is 705 g/mol. The van der Waals surface area contributed by atoms with Crippen LogP contribution in [0.5, 0.6) is 0 Å². The van der Waals surface area contributed by atoms with Gasteiger partial charge in [0.25, 0.3) is 5.91 Å². The van der Waals surface area contributed by atoms with Gasteiger partial charge in [0.1, 0.15) is 17.6 Å². The molecule has 4 aromatic rings. The third kappa shape index (κ3) is 6.13. The van der Waals surface area contributed by atoms with E-state index in [4.69, 9.17) is 32.5 Å². The first-order chi connectivity index (χ1) is 22.8. The first kappa shape index (κ1) is 33.4. The predicted molar refractivity (Wildman–Crippen MR) is 166 cm³/mol. The number of aromatic nitrogens is 1. The number of benzene rings is 3. The number of hydrogen-bond donors (Lipinski definition) is 0. The summed E-state index contributed by atoms with van der Waals surface area (Å²) in [6.45, 7) is 1.42. The SMILES string of the molecule is C[C@H]1C(OC(=O)C(F)(F)F)[C@]2(CCN1Cc1ccccc1)C(=O)N(Cc1cc(-c3ccc(Cl)c(Cl)c3)on1)C(=O)N2c1cccc(F)c1. The molecule has 0 N–H and O–H groups in total. The molecule has 250 valence electrons. The average Bonchev–Trinajstić information content (AvgIpc) is 3.59. The Balaban J connectivity index is 1.41. The van der Waals surface area contributed by atoms with Gasteiger partial charge in [-0.2, -0.15) is 13.2 Å². The lowest BCUT2D eigenvalue weighted by Gasteiger charge is -2.50. The van der Waals surface area contributed by atoms with Gasteiger partial charge < -0.3 is 9.26 Å². The Morgan fingerprint density at radius 1 is 1.00 bits per heavy atom. The lowest BCUT2D eigenvalue weighted by molar-refractivity contribution is -0.213. The van der Waals surface area contributed by atoms with Gasteiger partial charge in [0, 0.05) is 36.4 Å². The van der Waals surface area contributed by atoms with Crippen molar-refractivity contribution in [3.05, 3.63) is 106 Å². The van der Waals surface area contributed by atoms with E-state index in [1.807, 2.05) is 18.2 Å². The van der Waals surface area contributed by atoms with Crippen LogP contribution >= 0.6 is 23.2 Å². The van der Waals surface area contributed by atoms with E-state index in [1.54, 1.807) is 29.2 Å². The molecule has 48 heavy (non-hydrogen) atoms. The largest absolute Gasteiger partial charge is 0.490 e. The van der Waals surface area contributed by atoms with Crippen LogP contribution in [0.25, 0.3) is 11.3 Å². The lowest BCUT2D eigenvalue weighted by atomic mass is 9.78. The van der Waals surface area contributed by atoms with Gasteiger partial charge in [-0.1, -0.05) is 64.8 Å². The number of hydrogen-bond acceptors (Lipinski definition) is 7. The second-order valence-corrected chi connectivity index (χ2v) is 12.3. The number of rotatable bonds is 7. The van der Waals surface area contributed by atoms with Crippen molar-refractivity contribution in [2.45, 2.75) is 50.3 Å². The smallest absolute Gasteiger partial charge is 0.451 e. The predicted octanol–water partition coefficient (Wildman–Crippen LogP) is 7.26. The van der Waals surface area contributed by atoms with E-state index in [0.717, 1.165) is 27.5 Å². The number of alkyl halides is 3. The molecule has 9 nitrogen and oxygen atoms in total. The van der Waals surface area contributed by atoms with Gasteiger partial charge in [0.15, 0.2) is 11.3 Å². The summed E-state index contributed by atoms with van der Waals surface area (Å²) in [6, 6.07) is 18.0. The number of piperidine rings is 1. The number of nitrogens with zero attached hydrogens (tertiary/aromatic N) is 4. The molecule has 0 bridgehead atoms. The monoisotopic (exact) mass is 704 g/mol. The molecule has 15 heteroatoms. The fraction of sp³-hybridized carbons (Fsp3) is 0.273. The Hall–Kier alpha value is -4.46. The van der Waals surface area contributed by atoms with Crippen LogP contribution in [-0.2, 0) is 27.4 Å². The zero-order chi connectivity index (χ0) is 34.4. The van der Waals surface area contributed by atoms with Crippen LogP contribution in [0.1, 0.15) is 24.6 Å². The molecule has 0 radical (unpaired) electrons. The summed E-state index contributed by atoms with van der Waals surface area (Å²) in [4.78, 5) is 44.7. The molecule has 2 aliphatic heterocycles. The van der Waals surface area contributed by atoms with E-state index in [9.17, 15) is 31.9 Å². The number of anilines is 1. The maximum absolute atomic E-state index is 14.6. The van der Waals surface area contributed by atoms with E-state index >= 15 is 0 Å². The van der Waals surface area contributed by atoms with Crippen LogP contribution < -0.4 is 4.90 Å². The molecular formula is C33H26Cl2F4N4O5. The summed E-state index contributed by atoms with van der Waals surface area (Å²) in [5, 5.41) is 4.53. The Morgan fingerprint density at radius 3 is 2.44 bits per heavy atom. The van der Waals surface area contributed by atoms with Crippen LogP contribution in [-0.4, -0.2) is 63.3 Å². The molecule has 2 fully saturated rings. The zero-order valence-electron chi connectivity index (χ0n) is 25.1. The van der Waals surface area contributed by atoms with Gasteiger partial charge >= 0.3 is 18.2 Å². The van der Waals surface area contributed by atoms with Crippen LogP contribution in [0.15, 0.2) is 83.4 Å². The highest BCUT2D eigenvalue weighted by atomic mass is 35.5. The third-order valence-corrected chi connectivity index (χ3v) is 9.28. The summed E-state index contributed by atoms with van der Waals surface area (Å²) in [7, 11) is 0. The van der Waals surface area contributed by atoms with Crippen molar-refractivity contribution in [2.75, 3.05) is 11.4 Å². The number of likely N-dealkylation sites (tertiary alicyclic amines) is 1. The number of esters is 1. The molecule has 1 spiro atoms. The van der Waals surface area contributed by atoms with Crippen molar-refractivity contribution in [1.29, 1.82) is 0 Å². The molecule has 1 unspecified atom stereocenters. The normalized spacial score (nSPS) is 21.7. The quantitative estimate of drug-likeness (QED) is 0.114. The minimum Gasteiger partial charge on any atom is -0.451 e. The Labute approximate surface area is 281 Å². The molecule has 6 rings (SSSR count). The van der Waals surface area contributed by atoms with Gasteiger partial charge in [-0.15, -0.1) is 0 Å². The summed E-state index contributed by atoms with van der Waals surface area (Å²) < 4.78 is 66.3. The minimum atomic E-state index is -5.40. The van der Waals surface area contributed by atoms with E-state index in [2.05, 4.69) is 5.16 Å². The van der Waals surface area contributed by atoms with E-state index in [1.165, 1.54) is 31.2 Å². The molecule has 1 aromatic heterocycles. The summed E-state index contributed by atoms with van der Waals surface area (Å²) in [5.41, 5.74) is -0.841. The van der Waals surface area contributed by atoms with Gasteiger partial charge in [0.2, 0.25) is 0 Å². The van der Waals surface area contributed by atoms with Gasteiger partial charge in [-0.25, -0.2) is 14.0 Å². The molecule has 3 heterocycles. The van der Waals surface area contributed by atoms with Crippen LogP contribution in [0.4, 0.5) is 28.0 Å². The van der Waals surface area contributed by atoms with E-state index < -0.39 is 54.1 Å². The number of carbonyl (C=O) groups is 3. The highest BCUT2D eigenvalue weighted by Gasteiger charge is 2.67. The molecule has 2 aliphatic rings. The van der Waals surface area contributed by atoms with E-state index in [0.29, 0.717) is 10.6 Å². The maximum atomic E-state index is 14.6. The summed E-state index contributed by atoms with van der Waals surface area (Å²) in [6.07, 6.45) is -7.47. The fourth-order valence-corrected chi connectivity index (χ4v) is 6.57. The molecule has 3 aromatic carbocycles. The summed E-state index contributed by atoms with van der Waals surface area (Å²) >= 11 is 12.1. The summed E-state index contributed by atoms with van der Waals surface area (Å²) in [5.74, 6) is -4.00. The van der Waals surface area contributed by atoms with Crippen LogP contribution in [0.2, 0.25) is 10.0 Å². The third-order valence-electron chi connectivity index (χ3n) is 8.55. The Bertz CT molecular complexity index is 1870. The Kier molecular flexibility index (Phi) is 8.96. The molecule has 0 saturated carbocycles. The minimum absolute atomic E-state index is 0.107. The van der Waals surface area contributed by atoms with Crippen molar-refractivity contribution in [2.24, 2.45) is 0 Å². The topological polar surface area (TPSA) is 96.2 Å². The number of amides is 3.